The van der Waals surface area contributed by atoms with Crippen molar-refractivity contribution in [3.63, 3.8) is 0 Å². The first-order valence-electron chi connectivity index (χ1n) is 3.89. The van der Waals surface area contributed by atoms with Crippen molar-refractivity contribution < 1.29 is 15.1 Å². The van der Waals surface area contributed by atoms with Gasteiger partial charge in [0.1, 0.15) is 12.7 Å². The molecule has 0 spiro atoms. The van der Waals surface area contributed by atoms with E-state index in [2.05, 4.69) is 4.98 Å². The number of imidazole rings is 1. The fraction of sp³-hybridized carbons (Fsp3) is 0.571. The Labute approximate surface area is 80.8 Å². The smallest absolute Gasteiger partial charge is 0.342 e. The monoisotopic (exact) mass is 203 g/mol. The third-order valence-corrected chi connectivity index (χ3v) is 1.54. The summed E-state index contributed by atoms with van der Waals surface area (Å²) < 4.78 is 1.36. The minimum atomic E-state index is -0.518. The van der Waals surface area contributed by atoms with Gasteiger partial charge in [0.25, 0.3) is 0 Å². The molecular weight excluding hydrogens is 190 g/mol. The molecule has 0 radical (unpaired) electrons. The Kier molecular flexibility index (Phi) is 5.42. The Balaban J connectivity index is 0.000000791. The fourth-order valence-corrected chi connectivity index (χ4v) is 0.978. The van der Waals surface area contributed by atoms with Gasteiger partial charge in [-0.25, -0.2) is 9.55 Å². The molecule has 0 aromatic carbocycles. The zero-order chi connectivity index (χ0) is 11.1. The molecule has 1 rings (SSSR count). The number of hydrogen-bond acceptors (Lipinski definition) is 5. The molecule has 0 aliphatic heterocycles. The maximum absolute atomic E-state index is 10.4. The maximum atomic E-state index is 10.4. The van der Waals surface area contributed by atoms with Crippen molar-refractivity contribution in [2.75, 3.05) is 13.7 Å². The molecule has 0 saturated heterocycles. The number of hydrogen-bond donors (Lipinski definition) is 2. The summed E-state index contributed by atoms with van der Waals surface area (Å²) in [6.07, 6.45) is 1.19. The van der Waals surface area contributed by atoms with Gasteiger partial charge in [-0.2, -0.15) is 0 Å². The second kappa shape index (κ2) is 6.06. The first-order valence-corrected chi connectivity index (χ1v) is 3.89. The molecule has 0 bridgehead atoms. The van der Waals surface area contributed by atoms with Crippen molar-refractivity contribution >= 4 is 5.82 Å². The molecule has 0 amide bonds. The Morgan fingerprint density at radius 3 is 2.64 bits per heavy atom. The van der Waals surface area contributed by atoms with E-state index < -0.39 is 4.92 Å². The van der Waals surface area contributed by atoms with Crippen molar-refractivity contribution in [2.24, 2.45) is 0 Å². The predicted molar refractivity (Wildman–Crippen MR) is 48.8 cm³/mol. The van der Waals surface area contributed by atoms with E-state index in [1.807, 2.05) is 0 Å². The Hall–Kier alpha value is -1.47. The summed E-state index contributed by atoms with van der Waals surface area (Å²) in [4.78, 5) is 13.6. The zero-order valence-electron chi connectivity index (χ0n) is 8.04. The van der Waals surface area contributed by atoms with Crippen molar-refractivity contribution in [1.82, 2.24) is 9.55 Å². The molecule has 0 saturated carbocycles. The molecule has 7 heteroatoms. The number of aryl methyl sites for hydroxylation is 1. The van der Waals surface area contributed by atoms with Gasteiger partial charge in [-0.15, -0.1) is 0 Å². The number of nitro groups is 1. The van der Waals surface area contributed by atoms with Gasteiger partial charge in [0, 0.05) is 14.0 Å². The highest BCUT2D eigenvalue weighted by Gasteiger charge is 2.15. The first kappa shape index (κ1) is 12.5. The minimum absolute atomic E-state index is 0.0819. The molecule has 7 nitrogen and oxygen atoms in total. The Morgan fingerprint density at radius 2 is 2.21 bits per heavy atom. The first-order chi connectivity index (χ1) is 6.66. The third kappa shape index (κ3) is 2.79. The van der Waals surface area contributed by atoms with Crippen LogP contribution in [-0.4, -0.2) is 38.4 Å². The van der Waals surface area contributed by atoms with Crippen LogP contribution in [0.2, 0.25) is 0 Å². The van der Waals surface area contributed by atoms with Gasteiger partial charge in [-0.1, -0.05) is 0 Å². The average Bonchev–Trinajstić information content (AvgIpc) is 2.52. The number of rotatable bonds is 3. The van der Waals surface area contributed by atoms with E-state index in [-0.39, 0.29) is 19.0 Å². The zero-order valence-corrected chi connectivity index (χ0v) is 8.04. The van der Waals surface area contributed by atoms with Crippen LogP contribution in [0, 0.1) is 17.0 Å². The molecular formula is C7H13N3O4. The molecule has 1 aromatic heterocycles. The topological polar surface area (TPSA) is 101 Å². The van der Waals surface area contributed by atoms with Gasteiger partial charge in [-0.05, 0) is 4.92 Å². The SMILES string of the molecule is CO.Cc1ncc([N+](=O)[O-])n1CCO. The lowest BCUT2D eigenvalue weighted by atomic mass is 10.6. The highest BCUT2D eigenvalue weighted by molar-refractivity contribution is 5.18. The summed E-state index contributed by atoms with van der Waals surface area (Å²) in [5.41, 5.74) is 0. The molecule has 1 aromatic rings. The second-order valence-corrected chi connectivity index (χ2v) is 2.30. The van der Waals surface area contributed by atoms with Crippen LogP contribution in [0.25, 0.3) is 0 Å². The van der Waals surface area contributed by atoms with Crippen molar-refractivity contribution in [1.29, 1.82) is 0 Å². The van der Waals surface area contributed by atoms with E-state index in [4.69, 9.17) is 10.2 Å². The number of aliphatic hydroxyl groups excluding tert-OH is 2. The molecule has 14 heavy (non-hydrogen) atoms. The van der Waals surface area contributed by atoms with Crippen LogP contribution in [0.4, 0.5) is 5.82 Å². The van der Waals surface area contributed by atoms with Crippen molar-refractivity contribution in [3.8, 4) is 0 Å². The van der Waals surface area contributed by atoms with Gasteiger partial charge < -0.3 is 20.3 Å². The largest absolute Gasteiger partial charge is 0.400 e. The summed E-state index contributed by atoms with van der Waals surface area (Å²) in [5.74, 6) is 0.456. The van der Waals surface area contributed by atoms with Gasteiger partial charge in [0.05, 0.1) is 6.61 Å². The van der Waals surface area contributed by atoms with Crippen LogP contribution < -0.4 is 0 Å². The van der Waals surface area contributed by atoms with Crippen molar-refractivity contribution in [3.05, 3.63) is 22.1 Å². The van der Waals surface area contributed by atoms with Crippen molar-refractivity contribution in [2.45, 2.75) is 13.5 Å². The van der Waals surface area contributed by atoms with Crippen LogP contribution in [0.15, 0.2) is 6.20 Å². The highest BCUT2D eigenvalue weighted by Crippen LogP contribution is 2.12. The van der Waals surface area contributed by atoms with E-state index in [0.29, 0.717) is 5.82 Å². The molecule has 2 N–H and O–H groups in total. The van der Waals surface area contributed by atoms with Gasteiger partial charge >= 0.3 is 5.82 Å². The predicted octanol–water partition coefficient (Wildman–Crippen LogP) is -0.299. The quantitative estimate of drug-likeness (QED) is 0.518. The van der Waals surface area contributed by atoms with Gasteiger partial charge in [0.2, 0.25) is 0 Å². The maximum Gasteiger partial charge on any atom is 0.342 e. The molecule has 80 valence electrons. The summed E-state index contributed by atoms with van der Waals surface area (Å²) in [7, 11) is 1.00. The molecule has 1 heterocycles. The average molecular weight is 203 g/mol. The van der Waals surface area contributed by atoms with E-state index in [1.165, 1.54) is 10.8 Å². The van der Waals surface area contributed by atoms with Crippen LogP contribution in [-0.2, 0) is 6.54 Å². The molecule has 0 unspecified atom stereocenters. The van der Waals surface area contributed by atoms with E-state index in [1.54, 1.807) is 6.92 Å². The van der Waals surface area contributed by atoms with Crippen LogP contribution in [0.3, 0.4) is 0 Å². The molecule has 0 aliphatic carbocycles. The Bertz CT molecular complexity index is 297. The fourth-order valence-electron chi connectivity index (χ4n) is 0.978. The van der Waals surface area contributed by atoms with Gasteiger partial charge in [0.15, 0.2) is 5.82 Å². The Morgan fingerprint density at radius 1 is 1.64 bits per heavy atom. The number of aliphatic hydroxyl groups is 2. The van der Waals surface area contributed by atoms with Crippen LogP contribution in [0.5, 0.6) is 0 Å². The summed E-state index contributed by atoms with van der Waals surface area (Å²) in [6.45, 7) is 1.74. The van der Waals surface area contributed by atoms with E-state index >= 15 is 0 Å². The minimum Gasteiger partial charge on any atom is -0.400 e. The summed E-state index contributed by atoms with van der Waals surface area (Å²) in [6, 6.07) is 0. The van der Waals surface area contributed by atoms with E-state index in [0.717, 1.165) is 7.11 Å². The number of aromatic nitrogens is 2. The molecule has 0 fully saturated rings. The second-order valence-electron chi connectivity index (χ2n) is 2.30. The van der Waals surface area contributed by atoms with Crippen LogP contribution >= 0.6 is 0 Å². The molecule has 0 atom stereocenters. The number of nitrogens with zero attached hydrogens (tertiary/aromatic N) is 3. The van der Waals surface area contributed by atoms with Crippen LogP contribution in [0.1, 0.15) is 5.82 Å². The summed E-state index contributed by atoms with van der Waals surface area (Å²) in [5, 5.41) is 26.0. The summed E-state index contributed by atoms with van der Waals surface area (Å²) >= 11 is 0. The lowest BCUT2D eigenvalue weighted by molar-refractivity contribution is -0.392. The molecule has 0 aliphatic rings. The lowest BCUT2D eigenvalue weighted by Crippen LogP contribution is -2.07. The van der Waals surface area contributed by atoms with E-state index in [9.17, 15) is 10.1 Å². The third-order valence-electron chi connectivity index (χ3n) is 1.54. The highest BCUT2D eigenvalue weighted by atomic mass is 16.6. The van der Waals surface area contributed by atoms with Gasteiger partial charge in [-0.3, -0.25) is 0 Å². The normalized spacial score (nSPS) is 9.14. The standard InChI is InChI=1S/C6H9N3O3.CH4O/c1-5-7-4-6(9(11)12)8(5)2-3-10;1-2/h4,10H,2-3H2,1H3;2H,1H3. The lowest BCUT2D eigenvalue weighted by Gasteiger charge is -1.98.